The largest absolute Gasteiger partial charge is 0.505 e. The van der Waals surface area contributed by atoms with Crippen molar-refractivity contribution in [3.05, 3.63) is 53.6 Å². The average molecular weight is 416 g/mol. The molecule has 2 aromatic carbocycles. The van der Waals surface area contributed by atoms with Gasteiger partial charge in [-0.1, -0.05) is 46.9 Å². The van der Waals surface area contributed by atoms with E-state index >= 15 is 0 Å². The Morgan fingerprint density at radius 1 is 1.00 bits per heavy atom. The van der Waals surface area contributed by atoms with Crippen molar-refractivity contribution in [1.82, 2.24) is 0 Å². The maximum absolute atomic E-state index is 13.9. The normalized spacial score (nSPS) is 21.8. The Bertz CT molecular complexity index is 665. The summed E-state index contributed by atoms with van der Waals surface area (Å²) in [5, 5.41) is 9.17. The quantitative estimate of drug-likeness (QED) is 0.552. The Morgan fingerprint density at radius 3 is 2.36 bits per heavy atom. The number of alkyl halides is 1. The third-order valence-electron chi connectivity index (χ3n) is 3.88. The summed E-state index contributed by atoms with van der Waals surface area (Å²) in [7, 11) is 0. The highest BCUT2D eigenvalue weighted by atomic mass is 127. The maximum Gasteiger partial charge on any atom is 0.200 e. The second-order valence-corrected chi connectivity index (χ2v) is 7.14. The van der Waals surface area contributed by atoms with Crippen LogP contribution >= 0.6 is 22.6 Å². The summed E-state index contributed by atoms with van der Waals surface area (Å²) in [6.07, 6.45) is 2.15. The lowest BCUT2D eigenvalue weighted by Gasteiger charge is -2.26. The number of benzene rings is 2. The number of phenols is 1. The summed E-state index contributed by atoms with van der Waals surface area (Å²) in [4.78, 5) is 0. The molecule has 1 aliphatic rings. The van der Waals surface area contributed by atoms with E-state index in [1.807, 2.05) is 12.1 Å². The second kappa shape index (κ2) is 6.50. The molecule has 0 bridgehead atoms. The molecule has 0 aliphatic carbocycles. The Hall–Kier alpha value is -1.21. The van der Waals surface area contributed by atoms with Crippen LogP contribution in [0.15, 0.2) is 36.4 Å². The van der Waals surface area contributed by atoms with Crippen LogP contribution in [-0.4, -0.2) is 15.6 Å². The molecule has 0 radical (unpaired) electrons. The first kappa shape index (κ1) is 15.7. The fraction of sp³-hybridized carbons (Fsp3) is 0.294. The highest BCUT2D eigenvalue weighted by Gasteiger charge is 2.21. The number of ether oxygens (including phenoxy) is 1. The van der Waals surface area contributed by atoms with Crippen molar-refractivity contribution < 1.29 is 18.6 Å². The Labute approximate surface area is 141 Å². The molecule has 1 heterocycles. The Morgan fingerprint density at radius 2 is 1.73 bits per heavy atom. The van der Waals surface area contributed by atoms with Gasteiger partial charge in [0, 0.05) is 9.49 Å². The van der Waals surface area contributed by atoms with E-state index in [1.54, 1.807) is 12.1 Å². The highest BCUT2D eigenvalue weighted by molar-refractivity contribution is 14.1. The van der Waals surface area contributed by atoms with Crippen molar-refractivity contribution in [3.63, 3.8) is 0 Å². The first-order chi connectivity index (χ1) is 10.6. The van der Waals surface area contributed by atoms with Crippen molar-refractivity contribution >= 4 is 22.6 Å². The minimum atomic E-state index is -1.22. The van der Waals surface area contributed by atoms with E-state index in [-0.39, 0.29) is 11.7 Å². The molecule has 22 heavy (non-hydrogen) atoms. The maximum atomic E-state index is 13.9. The molecule has 116 valence electrons. The van der Waals surface area contributed by atoms with Gasteiger partial charge in [-0.15, -0.1) is 0 Å². The van der Waals surface area contributed by atoms with Crippen LogP contribution in [0.2, 0.25) is 0 Å². The molecule has 0 spiro atoms. The van der Waals surface area contributed by atoms with E-state index in [0.717, 1.165) is 31.1 Å². The van der Waals surface area contributed by atoms with Gasteiger partial charge in [-0.2, -0.15) is 4.39 Å². The number of phenolic OH excluding ortho intramolecular Hbond substituents is 1. The van der Waals surface area contributed by atoms with Crippen molar-refractivity contribution in [3.8, 4) is 16.9 Å². The smallest absolute Gasteiger partial charge is 0.200 e. The molecule has 1 fully saturated rings. The first-order valence-electron chi connectivity index (χ1n) is 7.09. The second-order valence-electron chi connectivity index (χ2n) is 5.38. The molecule has 2 aromatic rings. The summed E-state index contributed by atoms with van der Waals surface area (Å²) in [5.41, 5.74) is 1.76. The number of halogens is 3. The molecule has 0 aromatic heterocycles. The van der Waals surface area contributed by atoms with E-state index in [9.17, 15) is 13.9 Å². The third-order valence-corrected chi connectivity index (χ3v) is 4.86. The number of hydrogen-bond acceptors (Lipinski definition) is 2. The zero-order chi connectivity index (χ0) is 15.7. The Kier molecular flexibility index (Phi) is 4.63. The topological polar surface area (TPSA) is 29.5 Å². The van der Waals surface area contributed by atoms with Gasteiger partial charge in [-0.3, -0.25) is 0 Å². The zero-order valence-electron chi connectivity index (χ0n) is 11.7. The van der Waals surface area contributed by atoms with Gasteiger partial charge in [0.1, 0.15) is 0 Å². The van der Waals surface area contributed by atoms with E-state index < -0.39 is 17.4 Å². The molecular formula is C17H15F2IO2. The number of rotatable bonds is 2. The lowest BCUT2D eigenvalue weighted by Crippen LogP contribution is -2.20. The standard InChI is InChI=1S/C17H15F2IO2/c18-16-13(6-7-14(21)17(16)19)10-1-3-11(4-2-10)15-8-5-12(20)9-22-15/h1-4,6-7,12,15,21H,5,8-9H2. The fourth-order valence-electron chi connectivity index (χ4n) is 2.62. The molecule has 2 unspecified atom stereocenters. The van der Waals surface area contributed by atoms with Crippen LogP contribution in [0.4, 0.5) is 8.78 Å². The third kappa shape index (κ3) is 3.10. The molecule has 1 saturated heterocycles. The predicted molar refractivity (Wildman–Crippen MR) is 89.2 cm³/mol. The van der Waals surface area contributed by atoms with Gasteiger partial charge >= 0.3 is 0 Å². The molecule has 1 N–H and O–H groups in total. The predicted octanol–water partition coefficient (Wildman–Crippen LogP) is 4.99. The molecule has 0 saturated carbocycles. The molecule has 2 nitrogen and oxygen atoms in total. The van der Waals surface area contributed by atoms with Crippen LogP contribution in [0.25, 0.3) is 11.1 Å². The van der Waals surface area contributed by atoms with Gasteiger partial charge in [-0.05, 0) is 36.1 Å². The van der Waals surface area contributed by atoms with Crippen molar-refractivity contribution in [2.45, 2.75) is 22.9 Å². The minimum absolute atomic E-state index is 0.0708. The lowest BCUT2D eigenvalue weighted by molar-refractivity contribution is 0.0215. The van der Waals surface area contributed by atoms with Crippen LogP contribution in [-0.2, 0) is 4.74 Å². The van der Waals surface area contributed by atoms with Crippen molar-refractivity contribution in [2.24, 2.45) is 0 Å². The molecule has 5 heteroatoms. The monoisotopic (exact) mass is 416 g/mol. The van der Waals surface area contributed by atoms with Crippen LogP contribution < -0.4 is 0 Å². The molecule has 1 aliphatic heterocycles. The summed E-state index contributed by atoms with van der Waals surface area (Å²) < 4.78 is 33.7. The fourth-order valence-corrected chi connectivity index (χ4v) is 3.19. The zero-order valence-corrected chi connectivity index (χ0v) is 13.9. The van der Waals surface area contributed by atoms with E-state index in [4.69, 9.17) is 4.74 Å². The number of hydrogen-bond donors (Lipinski definition) is 1. The van der Waals surface area contributed by atoms with Gasteiger partial charge in [0.25, 0.3) is 0 Å². The lowest BCUT2D eigenvalue weighted by atomic mass is 9.98. The van der Waals surface area contributed by atoms with Crippen molar-refractivity contribution in [2.75, 3.05) is 6.61 Å². The highest BCUT2D eigenvalue weighted by Crippen LogP contribution is 2.33. The van der Waals surface area contributed by atoms with Crippen LogP contribution in [0, 0.1) is 11.6 Å². The Balaban J connectivity index is 1.84. The van der Waals surface area contributed by atoms with Crippen LogP contribution in [0.5, 0.6) is 5.75 Å². The summed E-state index contributed by atoms with van der Waals surface area (Å²) in [6, 6.07) is 9.82. The van der Waals surface area contributed by atoms with Gasteiger partial charge in [0.2, 0.25) is 5.82 Å². The SMILES string of the molecule is Oc1ccc(-c2ccc(C3CCC(I)CO3)cc2)c(F)c1F. The van der Waals surface area contributed by atoms with E-state index in [1.165, 1.54) is 6.07 Å². The van der Waals surface area contributed by atoms with Gasteiger partial charge in [-0.25, -0.2) is 4.39 Å². The van der Waals surface area contributed by atoms with Crippen LogP contribution in [0.1, 0.15) is 24.5 Å². The molecule has 2 atom stereocenters. The first-order valence-corrected chi connectivity index (χ1v) is 8.34. The summed E-state index contributed by atoms with van der Waals surface area (Å²) in [5.74, 6) is -2.93. The van der Waals surface area contributed by atoms with Crippen LogP contribution in [0.3, 0.4) is 0 Å². The van der Waals surface area contributed by atoms with E-state index in [0.29, 0.717) is 9.49 Å². The average Bonchev–Trinajstić information content (AvgIpc) is 2.54. The molecular weight excluding hydrogens is 401 g/mol. The van der Waals surface area contributed by atoms with Gasteiger partial charge < -0.3 is 9.84 Å². The van der Waals surface area contributed by atoms with Gasteiger partial charge in [0.15, 0.2) is 11.6 Å². The minimum Gasteiger partial charge on any atom is -0.505 e. The van der Waals surface area contributed by atoms with Gasteiger partial charge in [0.05, 0.1) is 12.7 Å². The molecule has 3 rings (SSSR count). The van der Waals surface area contributed by atoms with Crippen molar-refractivity contribution in [1.29, 1.82) is 0 Å². The number of aromatic hydroxyl groups is 1. The van der Waals surface area contributed by atoms with E-state index in [2.05, 4.69) is 22.6 Å². The summed E-state index contributed by atoms with van der Waals surface area (Å²) >= 11 is 2.39. The summed E-state index contributed by atoms with van der Waals surface area (Å²) in [6.45, 7) is 0.741. The molecule has 0 amide bonds.